The van der Waals surface area contributed by atoms with Gasteiger partial charge in [-0.15, -0.1) is 23.5 Å². The number of nitrogens with zero attached hydrogens (tertiary/aromatic N) is 1. The normalized spacial score (nSPS) is 17.6. The Labute approximate surface area is 146 Å². The SMILES string of the molecule is COC(=O)CCCCCN1C(=O)CSC1c1ccc(SC)cc1. The maximum absolute atomic E-state index is 12.1. The zero-order chi connectivity index (χ0) is 16.7. The van der Waals surface area contributed by atoms with Crippen LogP contribution in [-0.4, -0.2) is 42.4 Å². The number of hydrogen-bond donors (Lipinski definition) is 0. The molecular formula is C17H23NO3S2. The summed E-state index contributed by atoms with van der Waals surface area (Å²) in [5.41, 5.74) is 1.19. The van der Waals surface area contributed by atoms with Gasteiger partial charge >= 0.3 is 5.97 Å². The molecular weight excluding hydrogens is 330 g/mol. The first-order valence-corrected chi connectivity index (χ1v) is 10.0. The zero-order valence-corrected chi connectivity index (χ0v) is 15.3. The van der Waals surface area contributed by atoms with Crippen LogP contribution in [0.4, 0.5) is 0 Å². The molecule has 0 N–H and O–H groups in total. The zero-order valence-electron chi connectivity index (χ0n) is 13.6. The number of benzene rings is 1. The summed E-state index contributed by atoms with van der Waals surface area (Å²) in [6, 6.07) is 8.45. The summed E-state index contributed by atoms with van der Waals surface area (Å²) in [7, 11) is 1.41. The predicted molar refractivity (Wildman–Crippen MR) is 95.6 cm³/mol. The molecule has 0 radical (unpaired) electrons. The van der Waals surface area contributed by atoms with Gasteiger partial charge in [0.2, 0.25) is 5.91 Å². The minimum atomic E-state index is -0.162. The van der Waals surface area contributed by atoms with Crippen molar-refractivity contribution in [1.29, 1.82) is 0 Å². The molecule has 1 atom stereocenters. The van der Waals surface area contributed by atoms with Crippen LogP contribution in [0, 0.1) is 0 Å². The fraction of sp³-hybridized carbons (Fsp3) is 0.529. The van der Waals surface area contributed by atoms with E-state index >= 15 is 0 Å². The highest BCUT2D eigenvalue weighted by Gasteiger charge is 2.32. The standard InChI is InChI=1S/C17H23NO3S2/c1-21-16(20)6-4-3-5-11-18-15(19)12-23-17(18)13-7-9-14(22-2)10-8-13/h7-10,17H,3-6,11-12H2,1-2H3. The average molecular weight is 354 g/mol. The van der Waals surface area contributed by atoms with Crippen LogP contribution < -0.4 is 0 Å². The van der Waals surface area contributed by atoms with Crippen molar-refractivity contribution in [3.63, 3.8) is 0 Å². The van der Waals surface area contributed by atoms with Gasteiger partial charge < -0.3 is 9.64 Å². The quantitative estimate of drug-likeness (QED) is 0.405. The first-order valence-electron chi connectivity index (χ1n) is 7.77. The second kappa shape index (κ2) is 9.23. The highest BCUT2D eigenvalue weighted by molar-refractivity contribution is 8.00. The second-order valence-electron chi connectivity index (χ2n) is 5.41. The van der Waals surface area contributed by atoms with Crippen molar-refractivity contribution in [2.75, 3.05) is 25.7 Å². The Bertz CT molecular complexity index is 533. The number of methoxy groups -OCH3 is 1. The van der Waals surface area contributed by atoms with E-state index in [1.54, 1.807) is 23.5 Å². The molecule has 1 fully saturated rings. The predicted octanol–water partition coefficient (Wildman–Crippen LogP) is 3.72. The lowest BCUT2D eigenvalue weighted by Gasteiger charge is -2.24. The number of esters is 1. The Balaban J connectivity index is 1.85. The smallest absolute Gasteiger partial charge is 0.305 e. The Kier molecular flexibility index (Phi) is 7.30. The molecule has 1 amide bonds. The summed E-state index contributed by atoms with van der Waals surface area (Å²) in [4.78, 5) is 26.4. The van der Waals surface area contributed by atoms with Gasteiger partial charge in [0, 0.05) is 17.9 Å². The van der Waals surface area contributed by atoms with Crippen LogP contribution in [0.1, 0.15) is 36.6 Å². The first kappa shape index (κ1) is 18.2. The molecule has 1 aromatic rings. The minimum Gasteiger partial charge on any atom is -0.469 e. The number of ether oxygens (including phenoxy) is 1. The Hall–Kier alpha value is -1.14. The largest absolute Gasteiger partial charge is 0.469 e. The molecule has 2 rings (SSSR count). The van der Waals surface area contributed by atoms with Crippen LogP contribution in [0.25, 0.3) is 0 Å². The van der Waals surface area contributed by atoms with Crippen LogP contribution in [0.15, 0.2) is 29.2 Å². The molecule has 23 heavy (non-hydrogen) atoms. The van der Waals surface area contributed by atoms with Crippen LogP contribution in [0.2, 0.25) is 0 Å². The van der Waals surface area contributed by atoms with Gasteiger partial charge in [-0.3, -0.25) is 9.59 Å². The average Bonchev–Trinajstić information content (AvgIpc) is 2.95. The van der Waals surface area contributed by atoms with Crippen LogP contribution >= 0.6 is 23.5 Å². The molecule has 1 heterocycles. The molecule has 6 heteroatoms. The van der Waals surface area contributed by atoms with Crippen LogP contribution in [0.5, 0.6) is 0 Å². The van der Waals surface area contributed by atoms with Gasteiger partial charge in [-0.05, 0) is 36.8 Å². The van der Waals surface area contributed by atoms with Crippen molar-refractivity contribution in [3.8, 4) is 0 Å². The van der Waals surface area contributed by atoms with E-state index < -0.39 is 0 Å². The van der Waals surface area contributed by atoms with E-state index in [0.29, 0.717) is 12.2 Å². The van der Waals surface area contributed by atoms with E-state index in [4.69, 9.17) is 0 Å². The molecule has 1 aromatic carbocycles. The van der Waals surface area contributed by atoms with Gasteiger partial charge in [-0.1, -0.05) is 18.6 Å². The van der Waals surface area contributed by atoms with Gasteiger partial charge in [0.25, 0.3) is 0 Å². The number of hydrogen-bond acceptors (Lipinski definition) is 5. The van der Waals surface area contributed by atoms with E-state index in [2.05, 4.69) is 35.3 Å². The number of thioether (sulfide) groups is 2. The molecule has 0 aliphatic carbocycles. The van der Waals surface area contributed by atoms with Crippen molar-refractivity contribution < 1.29 is 14.3 Å². The molecule has 4 nitrogen and oxygen atoms in total. The summed E-state index contributed by atoms with van der Waals surface area (Å²) in [5.74, 6) is 0.600. The van der Waals surface area contributed by atoms with Crippen molar-refractivity contribution in [1.82, 2.24) is 4.90 Å². The van der Waals surface area contributed by atoms with Gasteiger partial charge in [-0.25, -0.2) is 0 Å². The summed E-state index contributed by atoms with van der Waals surface area (Å²) >= 11 is 3.41. The third-order valence-electron chi connectivity index (χ3n) is 3.88. The van der Waals surface area contributed by atoms with Crippen molar-refractivity contribution in [3.05, 3.63) is 29.8 Å². The number of amides is 1. The Morgan fingerprint density at radius 1 is 1.30 bits per heavy atom. The van der Waals surface area contributed by atoms with Crippen molar-refractivity contribution >= 4 is 35.4 Å². The highest BCUT2D eigenvalue weighted by Crippen LogP contribution is 2.39. The molecule has 1 saturated heterocycles. The fourth-order valence-corrected chi connectivity index (χ4v) is 4.20. The summed E-state index contributed by atoms with van der Waals surface area (Å²) in [6.07, 6.45) is 5.18. The lowest BCUT2D eigenvalue weighted by Crippen LogP contribution is -2.29. The maximum Gasteiger partial charge on any atom is 0.305 e. The molecule has 126 valence electrons. The van der Waals surface area contributed by atoms with E-state index in [-0.39, 0.29) is 17.3 Å². The number of carbonyl (C=O) groups is 2. The van der Waals surface area contributed by atoms with Crippen molar-refractivity contribution in [2.45, 2.75) is 36.0 Å². The summed E-state index contributed by atoms with van der Waals surface area (Å²) < 4.78 is 4.63. The second-order valence-corrected chi connectivity index (χ2v) is 7.36. The minimum absolute atomic E-state index is 0.124. The lowest BCUT2D eigenvalue weighted by molar-refractivity contribution is -0.140. The summed E-state index contributed by atoms with van der Waals surface area (Å²) in [6.45, 7) is 0.752. The summed E-state index contributed by atoms with van der Waals surface area (Å²) in [5, 5.41) is 0.124. The number of carbonyl (C=O) groups excluding carboxylic acids is 2. The van der Waals surface area contributed by atoms with Gasteiger partial charge in [0.15, 0.2) is 0 Å². The molecule has 0 bridgehead atoms. The third kappa shape index (κ3) is 5.18. The molecule has 1 aliphatic rings. The third-order valence-corrected chi connectivity index (χ3v) is 5.88. The topological polar surface area (TPSA) is 46.6 Å². The lowest BCUT2D eigenvalue weighted by atomic mass is 10.1. The molecule has 0 spiro atoms. The van der Waals surface area contributed by atoms with E-state index in [1.165, 1.54) is 17.6 Å². The van der Waals surface area contributed by atoms with Gasteiger partial charge in [-0.2, -0.15) is 0 Å². The van der Waals surface area contributed by atoms with Gasteiger partial charge in [0.05, 0.1) is 12.9 Å². The van der Waals surface area contributed by atoms with E-state index in [9.17, 15) is 9.59 Å². The molecule has 0 aromatic heterocycles. The fourth-order valence-electron chi connectivity index (χ4n) is 2.57. The van der Waals surface area contributed by atoms with Gasteiger partial charge in [0.1, 0.15) is 5.37 Å². The van der Waals surface area contributed by atoms with E-state index in [0.717, 1.165) is 25.8 Å². The molecule has 1 unspecified atom stereocenters. The number of rotatable bonds is 8. The monoisotopic (exact) mass is 353 g/mol. The number of unbranched alkanes of at least 4 members (excludes halogenated alkanes) is 2. The maximum atomic E-state index is 12.1. The first-order chi connectivity index (χ1) is 11.2. The Morgan fingerprint density at radius 2 is 2.04 bits per heavy atom. The van der Waals surface area contributed by atoms with Crippen LogP contribution in [0.3, 0.4) is 0 Å². The Morgan fingerprint density at radius 3 is 2.70 bits per heavy atom. The van der Waals surface area contributed by atoms with Crippen molar-refractivity contribution in [2.24, 2.45) is 0 Å². The highest BCUT2D eigenvalue weighted by atomic mass is 32.2. The van der Waals surface area contributed by atoms with E-state index in [1.807, 2.05) is 4.90 Å². The molecule has 1 aliphatic heterocycles. The molecule has 0 saturated carbocycles. The van der Waals surface area contributed by atoms with Crippen LogP contribution in [-0.2, 0) is 14.3 Å².